The predicted molar refractivity (Wildman–Crippen MR) is 110 cm³/mol. The van der Waals surface area contributed by atoms with Crippen LogP contribution in [-0.4, -0.2) is 33.1 Å². The Morgan fingerprint density at radius 2 is 2.07 bits per heavy atom. The SMILES string of the molecule is Cc1cc(O)c2nc(Oc3[c-]c(C4=N[C@@H]5[C@@H](CCC5(C)C)O4)ncc3)ccc2c1.[Pt]. The maximum absolute atomic E-state index is 10.2. The van der Waals surface area contributed by atoms with E-state index in [1.807, 2.05) is 19.1 Å². The summed E-state index contributed by atoms with van der Waals surface area (Å²) in [6.07, 6.45) is 3.88. The van der Waals surface area contributed by atoms with Gasteiger partial charge in [-0.25, -0.2) is 4.98 Å². The van der Waals surface area contributed by atoms with Gasteiger partial charge in [-0.05, 0) is 55.1 Å². The number of benzene rings is 1. The molecule has 1 N–H and O–H groups in total. The van der Waals surface area contributed by atoms with Crippen molar-refractivity contribution >= 4 is 16.8 Å². The van der Waals surface area contributed by atoms with Crippen LogP contribution in [0.25, 0.3) is 10.9 Å². The summed E-state index contributed by atoms with van der Waals surface area (Å²) in [6, 6.07) is 12.3. The molecule has 30 heavy (non-hydrogen) atoms. The Balaban J connectivity index is 0.00000218. The molecular formula is C23H22N3O3Pt-. The summed E-state index contributed by atoms with van der Waals surface area (Å²) in [5.74, 6) is 1.50. The van der Waals surface area contributed by atoms with E-state index in [-0.39, 0.29) is 44.4 Å². The van der Waals surface area contributed by atoms with E-state index in [0.717, 1.165) is 23.8 Å². The van der Waals surface area contributed by atoms with E-state index in [1.54, 1.807) is 24.4 Å². The molecule has 0 saturated heterocycles. The molecule has 1 aromatic carbocycles. The van der Waals surface area contributed by atoms with Gasteiger partial charge >= 0.3 is 0 Å². The van der Waals surface area contributed by atoms with E-state index in [0.29, 0.717) is 28.7 Å². The molecule has 1 fully saturated rings. The van der Waals surface area contributed by atoms with E-state index in [4.69, 9.17) is 14.5 Å². The van der Waals surface area contributed by atoms with Crippen molar-refractivity contribution in [1.82, 2.24) is 9.97 Å². The van der Waals surface area contributed by atoms with E-state index < -0.39 is 0 Å². The molecule has 6 nitrogen and oxygen atoms in total. The predicted octanol–water partition coefficient (Wildman–Crippen LogP) is 4.57. The first kappa shape index (κ1) is 20.8. The zero-order valence-corrected chi connectivity index (χ0v) is 19.2. The Kier molecular flexibility index (Phi) is 5.31. The van der Waals surface area contributed by atoms with Gasteiger partial charge in [0.1, 0.15) is 23.3 Å². The number of aryl methyl sites for hydroxylation is 1. The molecule has 0 bridgehead atoms. The Hall–Kier alpha value is -2.46. The second-order valence-electron chi connectivity index (χ2n) is 8.45. The number of nitrogens with zero attached hydrogens (tertiary/aromatic N) is 3. The molecule has 0 spiro atoms. The minimum Gasteiger partial charge on any atom is -0.527 e. The number of fused-ring (bicyclic) bond motifs is 2. The quantitative estimate of drug-likeness (QED) is 0.458. The van der Waals surface area contributed by atoms with Crippen molar-refractivity contribution in [3.8, 4) is 17.4 Å². The maximum atomic E-state index is 10.2. The number of aromatic nitrogens is 2. The van der Waals surface area contributed by atoms with Crippen LogP contribution in [0, 0.1) is 18.4 Å². The fourth-order valence-electron chi connectivity index (χ4n) is 4.17. The molecule has 0 amide bonds. The first-order valence-electron chi connectivity index (χ1n) is 9.80. The van der Waals surface area contributed by atoms with Crippen LogP contribution in [0.15, 0.2) is 41.5 Å². The molecule has 3 aromatic rings. The summed E-state index contributed by atoms with van der Waals surface area (Å²) in [7, 11) is 0. The Morgan fingerprint density at radius 3 is 2.87 bits per heavy atom. The van der Waals surface area contributed by atoms with E-state index in [9.17, 15) is 5.11 Å². The van der Waals surface area contributed by atoms with Crippen LogP contribution in [0.4, 0.5) is 0 Å². The number of aromatic hydroxyl groups is 1. The third-order valence-electron chi connectivity index (χ3n) is 5.72. The number of pyridine rings is 2. The first-order chi connectivity index (χ1) is 13.9. The number of phenolic OH excluding ortho intramolecular Hbond substituents is 1. The maximum Gasteiger partial charge on any atom is 0.217 e. The molecule has 3 heterocycles. The standard InChI is InChI=1S/C23H22N3O3.Pt/c1-13-10-14-4-5-19(25-20(14)17(27)11-13)28-15-7-9-24-16(12-15)22-26-21-18(29-22)6-8-23(21,2)3;/h4-5,7,9-11,18,21,27H,6,8H2,1-3H3;/q-1;/t18-,21-;/m1./s1. The van der Waals surface area contributed by atoms with E-state index >= 15 is 0 Å². The van der Waals surface area contributed by atoms with Crippen LogP contribution in [0.5, 0.6) is 17.4 Å². The summed E-state index contributed by atoms with van der Waals surface area (Å²) >= 11 is 0. The van der Waals surface area contributed by atoms with Crippen molar-refractivity contribution in [2.75, 3.05) is 0 Å². The molecule has 0 radical (unpaired) electrons. The third-order valence-corrected chi connectivity index (χ3v) is 5.72. The van der Waals surface area contributed by atoms with Crippen LogP contribution < -0.4 is 4.74 Å². The minimum atomic E-state index is 0. The van der Waals surface area contributed by atoms with Crippen LogP contribution in [0.2, 0.25) is 0 Å². The second kappa shape index (κ2) is 7.66. The topological polar surface area (TPSA) is 76.8 Å². The van der Waals surface area contributed by atoms with E-state index in [2.05, 4.69) is 29.9 Å². The average Bonchev–Trinajstić information content (AvgIpc) is 3.23. The van der Waals surface area contributed by atoms with Crippen molar-refractivity contribution < 1.29 is 35.6 Å². The minimum absolute atomic E-state index is 0. The molecule has 1 aliphatic heterocycles. The van der Waals surface area contributed by atoms with Gasteiger partial charge in [0.2, 0.25) is 5.88 Å². The first-order valence-corrected chi connectivity index (χ1v) is 9.80. The van der Waals surface area contributed by atoms with Crippen LogP contribution in [-0.2, 0) is 25.8 Å². The Morgan fingerprint density at radius 1 is 1.23 bits per heavy atom. The number of hydrogen-bond acceptors (Lipinski definition) is 6. The molecule has 7 heteroatoms. The van der Waals surface area contributed by atoms with Gasteiger partial charge in [0, 0.05) is 44.0 Å². The average molecular weight is 584 g/mol. The van der Waals surface area contributed by atoms with Crippen LogP contribution in [0.1, 0.15) is 37.9 Å². The molecule has 2 aromatic heterocycles. The molecule has 1 aliphatic carbocycles. The van der Waals surface area contributed by atoms with Crippen molar-refractivity contribution in [2.24, 2.45) is 10.4 Å². The van der Waals surface area contributed by atoms with Crippen molar-refractivity contribution in [3.63, 3.8) is 0 Å². The number of hydrogen-bond donors (Lipinski definition) is 1. The fourth-order valence-corrected chi connectivity index (χ4v) is 4.17. The normalized spacial score (nSPS) is 21.5. The Bertz CT molecular complexity index is 1150. The van der Waals surface area contributed by atoms with Gasteiger partial charge in [-0.15, -0.1) is 6.07 Å². The molecule has 2 aliphatic rings. The number of phenols is 1. The summed E-state index contributed by atoms with van der Waals surface area (Å²) in [4.78, 5) is 13.6. The van der Waals surface area contributed by atoms with Crippen molar-refractivity contribution in [2.45, 2.75) is 45.8 Å². The number of aliphatic imine (C=N–C) groups is 1. The van der Waals surface area contributed by atoms with Crippen molar-refractivity contribution in [3.05, 3.63) is 53.9 Å². The number of rotatable bonds is 3. The van der Waals surface area contributed by atoms with Gasteiger partial charge in [-0.3, -0.25) is 4.98 Å². The zero-order chi connectivity index (χ0) is 20.2. The van der Waals surface area contributed by atoms with Gasteiger partial charge in [0.25, 0.3) is 0 Å². The monoisotopic (exact) mass is 583 g/mol. The summed E-state index contributed by atoms with van der Waals surface area (Å²) in [5, 5.41) is 11.0. The summed E-state index contributed by atoms with van der Waals surface area (Å²) in [5.41, 5.74) is 2.14. The van der Waals surface area contributed by atoms with Gasteiger partial charge < -0.3 is 19.6 Å². The Labute approximate surface area is 189 Å². The van der Waals surface area contributed by atoms with Gasteiger partial charge in [-0.2, -0.15) is 0 Å². The molecule has 0 unspecified atom stereocenters. The van der Waals surface area contributed by atoms with Gasteiger partial charge in [-0.1, -0.05) is 19.9 Å². The molecular weight excluding hydrogens is 561 g/mol. The second-order valence-corrected chi connectivity index (χ2v) is 8.45. The van der Waals surface area contributed by atoms with Crippen LogP contribution >= 0.6 is 0 Å². The molecule has 5 rings (SSSR count). The third kappa shape index (κ3) is 3.69. The van der Waals surface area contributed by atoms with Crippen molar-refractivity contribution in [1.29, 1.82) is 0 Å². The van der Waals surface area contributed by atoms with Gasteiger partial charge in [0.05, 0.1) is 6.04 Å². The largest absolute Gasteiger partial charge is 0.527 e. The zero-order valence-electron chi connectivity index (χ0n) is 17.0. The van der Waals surface area contributed by atoms with Gasteiger partial charge in [0.15, 0.2) is 0 Å². The number of ether oxygens (including phenoxy) is 2. The molecule has 2 atom stereocenters. The van der Waals surface area contributed by atoms with Crippen LogP contribution in [0.3, 0.4) is 0 Å². The summed E-state index contributed by atoms with van der Waals surface area (Å²) in [6.45, 7) is 6.39. The molecule has 158 valence electrons. The molecule has 1 saturated carbocycles. The smallest absolute Gasteiger partial charge is 0.217 e. The summed E-state index contributed by atoms with van der Waals surface area (Å²) < 4.78 is 11.9. The van der Waals surface area contributed by atoms with E-state index in [1.165, 1.54) is 0 Å². The fraction of sp³-hybridized carbons (Fsp3) is 0.348.